The van der Waals surface area contributed by atoms with Crippen LogP contribution in [0.25, 0.3) is 0 Å². The minimum Gasteiger partial charge on any atom is -0.389 e. The van der Waals surface area contributed by atoms with E-state index < -0.39 is 6.10 Å². The first-order valence-corrected chi connectivity index (χ1v) is 6.52. The molecule has 3 nitrogen and oxygen atoms in total. The molecular weight excluding hydrogens is 246 g/mol. The number of aliphatic hydroxyl groups excluding tert-OH is 1. The van der Waals surface area contributed by atoms with Gasteiger partial charge in [0.2, 0.25) is 0 Å². The van der Waals surface area contributed by atoms with Crippen molar-refractivity contribution in [1.29, 1.82) is 0 Å². The second kappa shape index (κ2) is 7.25. The van der Waals surface area contributed by atoms with Crippen molar-refractivity contribution >= 4 is 22.9 Å². The Morgan fingerprint density at radius 1 is 1.56 bits per heavy atom. The van der Waals surface area contributed by atoms with Crippen LogP contribution in [0.4, 0.5) is 0 Å². The SMILES string of the molecule is CCC(NCC(O)COC)c1ccc(Cl)s1. The molecule has 0 aliphatic heterocycles. The number of nitrogens with one attached hydrogen (secondary N) is 1. The number of halogens is 1. The van der Waals surface area contributed by atoms with E-state index in [4.69, 9.17) is 16.3 Å². The van der Waals surface area contributed by atoms with E-state index in [2.05, 4.69) is 12.2 Å². The first kappa shape index (κ1) is 13.9. The molecule has 0 aliphatic rings. The smallest absolute Gasteiger partial charge is 0.0931 e. The van der Waals surface area contributed by atoms with Gasteiger partial charge in [0.1, 0.15) is 0 Å². The Morgan fingerprint density at radius 3 is 2.81 bits per heavy atom. The van der Waals surface area contributed by atoms with Crippen molar-refractivity contribution in [3.8, 4) is 0 Å². The highest BCUT2D eigenvalue weighted by Gasteiger charge is 2.13. The van der Waals surface area contributed by atoms with Crippen LogP contribution in [0.1, 0.15) is 24.3 Å². The van der Waals surface area contributed by atoms with Crippen LogP contribution in [-0.4, -0.2) is 31.5 Å². The highest BCUT2D eigenvalue weighted by molar-refractivity contribution is 7.16. The molecular formula is C11H18ClNO2S. The quantitative estimate of drug-likeness (QED) is 0.794. The third kappa shape index (κ3) is 4.39. The zero-order chi connectivity index (χ0) is 12.0. The lowest BCUT2D eigenvalue weighted by Gasteiger charge is -2.18. The van der Waals surface area contributed by atoms with E-state index in [0.717, 1.165) is 10.8 Å². The van der Waals surface area contributed by atoms with Gasteiger partial charge < -0.3 is 15.2 Å². The fourth-order valence-corrected chi connectivity index (χ4v) is 2.71. The van der Waals surface area contributed by atoms with Crippen LogP contribution in [-0.2, 0) is 4.74 Å². The Kier molecular flexibility index (Phi) is 6.31. The third-order valence-corrected chi connectivity index (χ3v) is 3.65. The predicted molar refractivity (Wildman–Crippen MR) is 68.2 cm³/mol. The van der Waals surface area contributed by atoms with Gasteiger partial charge in [0, 0.05) is 24.6 Å². The van der Waals surface area contributed by atoms with Gasteiger partial charge in [0.05, 0.1) is 17.0 Å². The molecule has 0 saturated carbocycles. The molecule has 0 aliphatic carbocycles. The van der Waals surface area contributed by atoms with Crippen molar-refractivity contribution in [2.75, 3.05) is 20.3 Å². The van der Waals surface area contributed by atoms with Gasteiger partial charge in [-0.2, -0.15) is 0 Å². The average molecular weight is 264 g/mol. The Balaban J connectivity index is 2.43. The molecule has 92 valence electrons. The second-order valence-corrected chi connectivity index (χ2v) is 5.37. The predicted octanol–water partition coefficient (Wildman–Crippen LogP) is 2.45. The summed E-state index contributed by atoms with van der Waals surface area (Å²) in [6.07, 6.45) is 0.505. The van der Waals surface area contributed by atoms with Crippen LogP contribution in [0.15, 0.2) is 12.1 Å². The first-order valence-electron chi connectivity index (χ1n) is 5.33. The molecule has 5 heteroatoms. The van der Waals surface area contributed by atoms with Crippen LogP contribution in [0, 0.1) is 0 Å². The molecule has 0 aromatic carbocycles. The molecule has 2 unspecified atom stereocenters. The Bertz CT molecular complexity index is 306. The number of hydrogen-bond donors (Lipinski definition) is 2. The summed E-state index contributed by atoms with van der Waals surface area (Å²) in [5, 5.41) is 12.8. The molecule has 0 fully saturated rings. The summed E-state index contributed by atoms with van der Waals surface area (Å²) in [5.74, 6) is 0. The molecule has 1 aromatic rings. The summed E-state index contributed by atoms with van der Waals surface area (Å²) in [6, 6.07) is 4.18. The maximum absolute atomic E-state index is 9.54. The van der Waals surface area contributed by atoms with Crippen LogP contribution < -0.4 is 5.32 Å². The van der Waals surface area contributed by atoms with Gasteiger partial charge in [0.25, 0.3) is 0 Å². The minimum atomic E-state index is -0.463. The topological polar surface area (TPSA) is 41.5 Å². The van der Waals surface area contributed by atoms with Crippen LogP contribution in [0.5, 0.6) is 0 Å². The highest BCUT2D eigenvalue weighted by Crippen LogP contribution is 2.28. The summed E-state index contributed by atoms with van der Waals surface area (Å²) < 4.78 is 5.67. The Morgan fingerprint density at radius 2 is 2.31 bits per heavy atom. The van der Waals surface area contributed by atoms with E-state index in [1.165, 1.54) is 4.88 Å². The number of aliphatic hydroxyl groups is 1. The molecule has 0 spiro atoms. The molecule has 1 aromatic heterocycles. The minimum absolute atomic E-state index is 0.254. The lowest BCUT2D eigenvalue weighted by molar-refractivity contribution is 0.0626. The molecule has 0 saturated heterocycles. The zero-order valence-corrected chi connectivity index (χ0v) is 11.1. The van der Waals surface area contributed by atoms with Gasteiger partial charge in [-0.15, -0.1) is 11.3 Å². The van der Waals surface area contributed by atoms with Crippen molar-refractivity contribution in [3.63, 3.8) is 0 Å². The molecule has 0 amide bonds. The normalized spacial score (nSPS) is 15.0. The lowest BCUT2D eigenvalue weighted by Crippen LogP contribution is -2.32. The maximum atomic E-state index is 9.54. The van der Waals surface area contributed by atoms with E-state index in [0.29, 0.717) is 13.2 Å². The van der Waals surface area contributed by atoms with Crippen molar-refractivity contribution in [1.82, 2.24) is 5.32 Å². The van der Waals surface area contributed by atoms with Crippen molar-refractivity contribution < 1.29 is 9.84 Å². The Labute approximate surface area is 105 Å². The van der Waals surface area contributed by atoms with Gasteiger partial charge in [-0.05, 0) is 18.6 Å². The second-order valence-electron chi connectivity index (χ2n) is 3.62. The van der Waals surface area contributed by atoms with E-state index >= 15 is 0 Å². The molecule has 0 radical (unpaired) electrons. The van der Waals surface area contributed by atoms with Gasteiger partial charge in [0.15, 0.2) is 0 Å². The summed E-state index contributed by atoms with van der Waals surface area (Å²) in [4.78, 5) is 1.21. The highest BCUT2D eigenvalue weighted by atomic mass is 35.5. The maximum Gasteiger partial charge on any atom is 0.0931 e. The molecule has 1 rings (SSSR count). The summed E-state index contributed by atoms with van der Waals surface area (Å²) in [5.41, 5.74) is 0. The number of thiophene rings is 1. The number of ether oxygens (including phenoxy) is 1. The van der Waals surface area contributed by atoms with E-state index in [1.54, 1.807) is 18.4 Å². The standard InChI is InChI=1S/C11H18ClNO2S/c1-3-9(10-4-5-11(12)16-10)13-6-8(14)7-15-2/h4-5,8-9,13-14H,3,6-7H2,1-2H3. The molecule has 2 atom stereocenters. The zero-order valence-electron chi connectivity index (χ0n) is 9.57. The summed E-state index contributed by atoms with van der Waals surface area (Å²) in [7, 11) is 1.58. The van der Waals surface area contributed by atoms with Crippen molar-refractivity contribution in [3.05, 3.63) is 21.3 Å². The summed E-state index contributed by atoms with van der Waals surface area (Å²) >= 11 is 7.47. The fourth-order valence-electron chi connectivity index (χ4n) is 1.49. The lowest BCUT2D eigenvalue weighted by atomic mass is 10.2. The van der Waals surface area contributed by atoms with Gasteiger partial charge in [-0.25, -0.2) is 0 Å². The fraction of sp³-hybridized carbons (Fsp3) is 0.636. The van der Waals surface area contributed by atoms with Crippen LogP contribution in [0.2, 0.25) is 4.34 Å². The van der Waals surface area contributed by atoms with E-state index in [9.17, 15) is 5.11 Å². The largest absolute Gasteiger partial charge is 0.389 e. The number of rotatable bonds is 7. The number of hydrogen-bond acceptors (Lipinski definition) is 4. The van der Waals surface area contributed by atoms with Gasteiger partial charge in [-0.3, -0.25) is 0 Å². The average Bonchev–Trinajstić information content (AvgIpc) is 2.66. The van der Waals surface area contributed by atoms with Crippen LogP contribution >= 0.6 is 22.9 Å². The van der Waals surface area contributed by atoms with Gasteiger partial charge >= 0.3 is 0 Å². The molecule has 1 heterocycles. The third-order valence-electron chi connectivity index (χ3n) is 2.30. The first-order chi connectivity index (χ1) is 7.67. The Hall–Kier alpha value is -0.130. The monoisotopic (exact) mass is 263 g/mol. The number of methoxy groups -OCH3 is 1. The summed E-state index contributed by atoms with van der Waals surface area (Å²) in [6.45, 7) is 2.99. The van der Waals surface area contributed by atoms with Crippen molar-refractivity contribution in [2.24, 2.45) is 0 Å². The van der Waals surface area contributed by atoms with Crippen LogP contribution in [0.3, 0.4) is 0 Å². The van der Waals surface area contributed by atoms with E-state index in [-0.39, 0.29) is 6.04 Å². The molecule has 0 bridgehead atoms. The molecule has 16 heavy (non-hydrogen) atoms. The van der Waals surface area contributed by atoms with Gasteiger partial charge in [-0.1, -0.05) is 18.5 Å². The molecule has 2 N–H and O–H groups in total. The van der Waals surface area contributed by atoms with E-state index in [1.807, 2.05) is 12.1 Å². The van der Waals surface area contributed by atoms with Crippen molar-refractivity contribution in [2.45, 2.75) is 25.5 Å².